The quantitative estimate of drug-likeness (QED) is 0.232. The molecular formula is C29H25BrN2O3S. The van der Waals surface area contributed by atoms with E-state index in [2.05, 4.69) is 56.7 Å². The summed E-state index contributed by atoms with van der Waals surface area (Å²) in [4.78, 5) is 1.20. The van der Waals surface area contributed by atoms with Crippen molar-refractivity contribution >= 4 is 33.0 Å². The highest BCUT2D eigenvalue weighted by molar-refractivity contribution is 9.10. The molecule has 6 rings (SSSR count). The number of ether oxygens (including phenoxy) is 3. The van der Waals surface area contributed by atoms with Gasteiger partial charge in [0.2, 0.25) is 6.23 Å². The summed E-state index contributed by atoms with van der Waals surface area (Å²) in [6.07, 6.45) is 0.454. The first-order valence-electron chi connectivity index (χ1n) is 12.0. The minimum atomic E-state index is -0.388. The number of para-hydroxylation sites is 1. The molecule has 2 atom stereocenters. The number of hydrogen-bond donors (Lipinski definition) is 0. The Balaban J connectivity index is 1.37. The van der Waals surface area contributed by atoms with Crippen LogP contribution in [0.1, 0.15) is 47.2 Å². The van der Waals surface area contributed by atoms with Crippen molar-refractivity contribution in [3.05, 3.63) is 110 Å². The fourth-order valence-electron chi connectivity index (χ4n) is 4.71. The molecule has 2 aliphatic rings. The van der Waals surface area contributed by atoms with Gasteiger partial charge in [-0.15, -0.1) is 11.3 Å². The van der Waals surface area contributed by atoms with Gasteiger partial charge >= 0.3 is 0 Å². The van der Waals surface area contributed by atoms with Crippen molar-refractivity contribution in [2.75, 3.05) is 6.61 Å². The predicted molar refractivity (Wildman–Crippen MR) is 146 cm³/mol. The van der Waals surface area contributed by atoms with Crippen LogP contribution in [0.25, 0.3) is 0 Å². The fourth-order valence-corrected chi connectivity index (χ4v) is 6.00. The smallest absolute Gasteiger partial charge is 0.214 e. The summed E-state index contributed by atoms with van der Waals surface area (Å²) < 4.78 is 19.6. The van der Waals surface area contributed by atoms with Gasteiger partial charge in [0.1, 0.15) is 12.4 Å². The molecular weight excluding hydrogens is 536 g/mol. The first-order chi connectivity index (χ1) is 17.7. The van der Waals surface area contributed by atoms with E-state index in [1.807, 2.05) is 55.5 Å². The van der Waals surface area contributed by atoms with E-state index in [-0.39, 0.29) is 12.3 Å². The Bertz CT molecular complexity index is 1390. The number of hydrogen-bond acceptors (Lipinski definition) is 6. The van der Waals surface area contributed by atoms with Crippen molar-refractivity contribution in [3.63, 3.8) is 0 Å². The summed E-state index contributed by atoms with van der Waals surface area (Å²) in [5.74, 6) is 2.25. The van der Waals surface area contributed by atoms with Gasteiger partial charge in [-0.3, -0.25) is 0 Å². The normalized spacial score (nSPS) is 18.2. The van der Waals surface area contributed by atoms with Crippen molar-refractivity contribution < 1.29 is 14.2 Å². The van der Waals surface area contributed by atoms with Crippen LogP contribution in [0.5, 0.6) is 17.2 Å². The maximum atomic E-state index is 6.56. The van der Waals surface area contributed by atoms with Crippen LogP contribution < -0.4 is 14.2 Å². The fraction of sp³-hybridized carbons (Fsp3) is 0.207. The zero-order valence-electron chi connectivity index (χ0n) is 19.8. The Morgan fingerprint density at radius 2 is 1.86 bits per heavy atom. The summed E-state index contributed by atoms with van der Waals surface area (Å²) in [5, 5.41) is 9.25. The van der Waals surface area contributed by atoms with Crippen molar-refractivity contribution in [2.45, 2.75) is 32.2 Å². The number of rotatable bonds is 7. The Hall–Kier alpha value is -3.29. The average Bonchev–Trinajstić information content (AvgIpc) is 3.59. The van der Waals surface area contributed by atoms with E-state index < -0.39 is 0 Å². The van der Waals surface area contributed by atoms with Crippen LogP contribution in [0.2, 0.25) is 0 Å². The van der Waals surface area contributed by atoms with E-state index in [1.165, 1.54) is 4.88 Å². The molecule has 0 saturated heterocycles. The summed E-state index contributed by atoms with van der Waals surface area (Å²) in [5.41, 5.74) is 4.30. The van der Waals surface area contributed by atoms with Gasteiger partial charge in [0.15, 0.2) is 11.5 Å². The topological polar surface area (TPSA) is 43.3 Å². The van der Waals surface area contributed by atoms with Gasteiger partial charge in [0.25, 0.3) is 0 Å². The molecule has 0 radical (unpaired) electrons. The lowest BCUT2D eigenvalue weighted by Crippen LogP contribution is -2.33. The zero-order chi connectivity index (χ0) is 24.5. The minimum absolute atomic E-state index is 0.111. The Kier molecular flexibility index (Phi) is 6.42. The van der Waals surface area contributed by atoms with Gasteiger partial charge in [0.05, 0.1) is 27.7 Å². The number of benzene rings is 3. The molecule has 36 heavy (non-hydrogen) atoms. The molecule has 7 heteroatoms. The van der Waals surface area contributed by atoms with Gasteiger partial charge in [-0.2, -0.15) is 5.10 Å². The average molecular weight is 562 g/mol. The van der Waals surface area contributed by atoms with Gasteiger partial charge in [-0.25, -0.2) is 5.01 Å². The molecule has 182 valence electrons. The lowest BCUT2D eigenvalue weighted by Gasteiger charge is -2.38. The van der Waals surface area contributed by atoms with Crippen LogP contribution in [-0.2, 0) is 6.61 Å². The Labute approximate surface area is 223 Å². The van der Waals surface area contributed by atoms with Gasteiger partial charge in [-0.05, 0) is 58.1 Å². The molecule has 2 aliphatic heterocycles. The van der Waals surface area contributed by atoms with Crippen LogP contribution in [-0.4, -0.2) is 17.3 Å². The molecule has 0 aliphatic carbocycles. The monoisotopic (exact) mass is 560 g/mol. The molecule has 0 N–H and O–H groups in total. The maximum Gasteiger partial charge on any atom is 0.214 e. The molecule has 5 nitrogen and oxygen atoms in total. The highest BCUT2D eigenvalue weighted by atomic mass is 79.9. The van der Waals surface area contributed by atoms with Crippen LogP contribution in [0.4, 0.5) is 0 Å². The standard InChI is InChI=1S/C29H25BrN2O3S/c1-2-33-26-16-20(15-22(30)28(26)34-18-19-9-4-3-5-10-19)29-32-24(21-11-6-7-12-25(21)35-29)17-23(31-32)27-13-8-14-36-27/h3-16,24,29H,2,17-18H2,1H3/t24-,29-/m0/s1. The number of fused-ring (bicyclic) bond motifs is 3. The van der Waals surface area contributed by atoms with E-state index in [0.29, 0.717) is 24.7 Å². The lowest BCUT2D eigenvalue weighted by molar-refractivity contribution is -0.0192. The third kappa shape index (κ3) is 4.38. The highest BCUT2D eigenvalue weighted by Gasteiger charge is 2.41. The Morgan fingerprint density at radius 3 is 2.67 bits per heavy atom. The number of hydrazone groups is 1. The first-order valence-corrected chi connectivity index (χ1v) is 13.7. The summed E-state index contributed by atoms with van der Waals surface area (Å²) in [6, 6.07) is 26.8. The second-order valence-electron chi connectivity index (χ2n) is 8.67. The van der Waals surface area contributed by atoms with E-state index in [1.54, 1.807) is 11.3 Å². The second kappa shape index (κ2) is 9.99. The van der Waals surface area contributed by atoms with E-state index in [9.17, 15) is 0 Å². The van der Waals surface area contributed by atoms with Crippen molar-refractivity contribution in [3.8, 4) is 17.2 Å². The van der Waals surface area contributed by atoms with E-state index in [4.69, 9.17) is 19.3 Å². The van der Waals surface area contributed by atoms with E-state index in [0.717, 1.165) is 39.0 Å². The molecule has 4 aromatic rings. The van der Waals surface area contributed by atoms with Crippen LogP contribution in [0.15, 0.2) is 93.8 Å². The van der Waals surface area contributed by atoms with Crippen LogP contribution in [0.3, 0.4) is 0 Å². The van der Waals surface area contributed by atoms with Crippen molar-refractivity contribution in [1.82, 2.24) is 5.01 Å². The summed E-state index contributed by atoms with van der Waals surface area (Å²) in [7, 11) is 0. The molecule has 0 unspecified atom stereocenters. The van der Waals surface area contributed by atoms with Crippen LogP contribution in [0, 0.1) is 0 Å². The summed E-state index contributed by atoms with van der Waals surface area (Å²) in [6.45, 7) is 2.96. The van der Waals surface area contributed by atoms with Crippen LogP contribution >= 0.6 is 27.3 Å². The minimum Gasteiger partial charge on any atom is -0.490 e. The number of nitrogens with zero attached hydrogens (tertiary/aromatic N) is 2. The van der Waals surface area contributed by atoms with Crippen molar-refractivity contribution in [2.24, 2.45) is 5.10 Å². The first kappa shape index (κ1) is 23.1. The van der Waals surface area contributed by atoms with Crippen molar-refractivity contribution in [1.29, 1.82) is 0 Å². The molecule has 3 heterocycles. The molecule has 1 aromatic heterocycles. The molecule has 0 fully saturated rings. The largest absolute Gasteiger partial charge is 0.490 e. The molecule has 3 aromatic carbocycles. The van der Waals surface area contributed by atoms with E-state index >= 15 is 0 Å². The summed E-state index contributed by atoms with van der Waals surface area (Å²) >= 11 is 5.46. The second-order valence-corrected chi connectivity index (χ2v) is 10.5. The lowest BCUT2D eigenvalue weighted by atomic mass is 9.97. The molecule has 0 spiro atoms. The molecule has 0 saturated carbocycles. The third-order valence-electron chi connectivity index (χ3n) is 6.35. The van der Waals surface area contributed by atoms with Gasteiger partial charge < -0.3 is 14.2 Å². The zero-order valence-corrected chi connectivity index (χ0v) is 22.2. The number of halogens is 1. The SMILES string of the molecule is CCOc1cc([C@@H]2Oc3ccccc3[C@@H]3CC(c4cccs4)=NN32)cc(Br)c1OCc1ccccc1. The molecule has 0 amide bonds. The number of thiophene rings is 1. The van der Waals surface area contributed by atoms with Gasteiger partial charge in [-0.1, -0.05) is 54.6 Å². The van der Waals surface area contributed by atoms with Gasteiger partial charge in [0, 0.05) is 17.5 Å². The highest BCUT2D eigenvalue weighted by Crippen LogP contribution is 2.49. The third-order valence-corrected chi connectivity index (χ3v) is 7.86. The molecule has 0 bridgehead atoms. The predicted octanol–water partition coefficient (Wildman–Crippen LogP) is 7.73. The Morgan fingerprint density at radius 1 is 1.03 bits per heavy atom. The maximum absolute atomic E-state index is 6.56.